The van der Waals surface area contributed by atoms with Crippen LogP contribution in [0.3, 0.4) is 0 Å². The molecule has 94 valence electrons. The Morgan fingerprint density at radius 2 is 2.33 bits per heavy atom. The molecule has 0 aliphatic heterocycles. The second-order valence-corrected chi connectivity index (χ2v) is 5.48. The van der Waals surface area contributed by atoms with Crippen LogP contribution in [0.5, 0.6) is 0 Å². The Kier molecular flexibility index (Phi) is 3.88. The molecule has 18 heavy (non-hydrogen) atoms. The summed E-state index contributed by atoms with van der Waals surface area (Å²) >= 11 is 6.45. The highest BCUT2D eigenvalue weighted by molar-refractivity contribution is 7.80. The fourth-order valence-corrected chi connectivity index (χ4v) is 2.53. The third-order valence-electron chi connectivity index (χ3n) is 2.38. The molecule has 0 atom stereocenters. The largest absolute Gasteiger partial charge is 0.389 e. The van der Waals surface area contributed by atoms with E-state index in [9.17, 15) is 4.39 Å². The van der Waals surface area contributed by atoms with Crippen molar-refractivity contribution in [2.45, 2.75) is 13.5 Å². The zero-order chi connectivity index (χ0) is 13.1. The van der Waals surface area contributed by atoms with Gasteiger partial charge in [-0.05, 0) is 19.1 Å². The van der Waals surface area contributed by atoms with E-state index in [4.69, 9.17) is 18.0 Å². The summed E-state index contributed by atoms with van der Waals surface area (Å²) in [6.07, 6.45) is 1.80. The van der Waals surface area contributed by atoms with Gasteiger partial charge in [-0.25, -0.2) is 9.37 Å². The van der Waals surface area contributed by atoms with Crippen LogP contribution < -0.4 is 11.1 Å². The first kappa shape index (κ1) is 12.9. The molecule has 0 amide bonds. The van der Waals surface area contributed by atoms with E-state index in [1.165, 1.54) is 6.07 Å². The normalized spacial score (nSPS) is 10.3. The van der Waals surface area contributed by atoms with Gasteiger partial charge in [0, 0.05) is 16.8 Å². The Labute approximate surface area is 114 Å². The Morgan fingerprint density at radius 1 is 1.56 bits per heavy atom. The summed E-state index contributed by atoms with van der Waals surface area (Å²) in [5.74, 6) is -0.409. The number of hydrogen-bond acceptors (Lipinski definition) is 4. The third kappa shape index (κ3) is 2.83. The van der Waals surface area contributed by atoms with Crippen molar-refractivity contribution < 1.29 is 4.39 Å². The molecule has 3 N–H and O–H groups in total. The molecule has 0 radical (unpaired) electrons. The molecule has 0 spiro atoms. The lowest BCUT2D eigenvalue weighted by Gasteiger charge is -2.10. The van der Waals surface area contributed by atoms with Gasteiger partial charge in [-0.15, -0.1) is 11.3 Å². The molecule has 0 bridgehead atoms. The zero-order valence-electron chi connectivity index (χ0n) is 9.74. The van der Waals surface area contributed by atoms with E-state index in [2.05, 4.69) is 10.3 Å². The number of nitrogens with zero attached hydrogens (tertiary/aromatic N) is 1. The molecule has 2 rings (SSSR count). The maximum absolute atomic E-state index is 13.6. The monoisotopic (exact) mass is 281 g/mol. The van der Waals surface area contributed by atoms with Gasteiger partial charge in [0.1, 0.15) is 10.8 Å². The first-order valence-corrected chi connectivity index (χ1v) is 6.54. The molecule has 2 aromatic rings. The smallest absolute Gasteiger partial charge is 0.135 e. The lowest BCUT2D eigenvalue weighted by atomic mass is 10.1. The van der Waals surface area contributed by atoms with Crippen molar-refractivity contribution in [1.82, 2.24) is 4.98 Å². The molecular formula is C12H12FN3S2. The Balaban J connectivity index is 2.19. The van der Waals surface area contributed by atoms with Crippen LogP contribution in [0.2, 0.25) is 0 Å². The highest BCUT2D eigenvalue weighted by atomic mass is 32.1. The standard InChI is InChI=1S/C12H12FN3S2/c1-7-15-5-8(18-7)6-16-10-4-2-3-9(13)11(10)12(14)17/h2-5,16H,6H2,1H3,(H2,14,17). The Morgan fingerprint density at radius 3 is 2.94 bits per heavy atom. The number of aryl methyl sites for hydroxylation is 1. The maximum atomic E-state index is 13.6. The maximum Gasteiger partial charge on any atom is 0.135 e. The first-order chi connectivity index (χ1) is 8.58. The number of aromatic nitrogens is 1. The summed E-state index contributed by atoms with van der Waals surface area (Å²) in [7, 11) is 0. The van der Waals surface area contributed by atoms with E-state index in [-0.39, 0.29) is 10.6 Å². The zero-order valence-corrected chi connectivity index (χ0v) is 11.4. The minimum absolute atomic E-state index is 0.0519. The average Bonchev–Trinajstić information content (AvgIpc) is 2.72. The minimum atomic E-state index is -0.409. The quantitative estimate of drug-likeness (QED) is 0.846. The molecular weight excluding hydrogens is 269 g/mol. The highest BCUT2D eigenvalue weighted by Crippen LogP contribution is 2.21. The van der Waals surface area contributed by atoms with Crippen molar-refractivity contribution >= 4 is 34.2 Å². The summed E-state index contributed by atoms with van der Waals surface area (Å²) in [5.41, 5.74) is 6.39. The molecule has 1 aromatic heterocycles. The number of thiocarbonyl (C=S) groups is 1. The summed E-state index contributed by atoms with van der Waals surface area (Å²) in [5, 5.41) is 4.13. The van der Waals surface area contributed by atoms with Crippen LogP contribution in [0.4, 0.5) is 10.1 Å². The summed E-state index contributed by atoms with van der Waals surface area (Å²) in [6, 6.07) is 4.72. The first-order valence-electron chi connectivity index (χ1n) is 5.31. The number of rotatable bonds is 4. The molecule has 0 aliphatic rings. The molecule has 0 saturated carbocycles. The van der Waals surface area contributed by atoms with Crippen molar-refractivity contribution in [1.29, 1.82) is 0 Å². The van der Waals surface area contributed by atoms with Crippen molar-refractivity contribution in [3.05, 3.63) is 45.7 Å². The lowest BCUT2D eigenvalue weighted by Crippen LogP contribution is -2.15. The summed E-state index contributed by atoms with van der Waals surface area (Å²) in [6.45, 7) is 2.52. The van der Waals surface area contributed by atoms with Crippen LogP contribution in [-0.4, -0.2) is 9.97 Å². The second kappa shape index (κ2) is 5.41. The van der Waals surface area contributed by atoms with Gasteiger partial charge in [0.2, 0.25) is 0 Å². The van der Waals surface area contributed by atoms with Gasteiger partial charge >= 0.3 is 0 Å². The van der Waals surface area contributed by atoms with Crippen molar-refractivity contribution in [3.63, 3.8) is 0 Å². The number of nitrogens with one attached hydrogen (secondary N) is 1. The van der Waals surface area contributed by atoms with E-state index in [0.29, 0.717) is 12.2 Å². The number of anilines is 1. The number of benzene rings is 1. The molecule has 1 heterocycles. The summed E-state index contributed by atoms with van der Waals surface area (Å²) in [4.78, 5) is 5.28. The Bertz CT molecular complexity index is 580. The van der Waals surface area contributed by atoms with E-state index in [0.717, 1.165) is 9.88 Å². The van der Waals surface area contributed by atoms with Gasteiger partial charge in [0.25, 0.3) is 0 Å². The highest BCUT2D eigenvalue weighted by Gasteiger charge is 2.10. The SMILES string of the molecule is Cc1ncc(CNc2cccc(F)c2C(N)=S)s1. The fraction of sp³-hybridized carbons (Fsp3) is 0.167. The lowest BCUT2D eigenvalue weighted by molar-refractivity contribution is 0.626. The molecule has 6 heteroatoms. The third-order valence-corrected chi connectivity index (χ3v) is 3.50. The molecule has 0 saturated heterocycles. The topological polar surface area (TPSA) is 50.9 Å². The molecule has 0 unspecified atom stereocenters. The van der Waals surface area contributed by atoms with Crippen LogP contribution in [0, 0.1) is 12.7 Å². The van der Waals surface area contributed by atoms with Gasteiger partial charge in [-0.3, -0.25) is 0 Å². The van der Waals surface area contributed by atoms with Gasteiger partial charge in [-0.2, -0.15) is 0 Å². The van der Waals surface area contributed by atoms with Crippen molar-refractivity contribution in [2.24, 2.45) is 5.73 Å². The number of nitrogens with two attached hydrogens (primary N) is 1. The second-order valence-electron chi connectivity index (χ2n) is 3.73. The summed E-state index contributed by atoms with van der Waals surface area (Å²) < 4.78 is 13.6. The number of hydrogen-bond donors (Lipinski definition) is 2. The molecule has 0 fully saturated rings. The van der Waals surface area contributed by atoms with E-state index < -0.39 is 5.82 Å². The van der Waals surface area contributed by atoms with Crippen molar-refractivity contribution in [2.75, 3.05) is 5.32 Å². The van der Waals surface area contributed by atoms with Crippen LogP contribution in [0.25, 0.3) is 0 Å². The molecule has 3 nitrogen and oxygen atoms in total. The Hall–Kier alpha value is -1.53. The minimum Gasteiger partial charge on any atom is -0.389 e. The number of halogens is 1. The fourth-order valence-electron chi connectivity index (χ4n) is 1.59. The van der Waals surface area contributed by atoms with E-state index >= 15 is 0 Å². The average molecular weight is 281 g/mol. The number of thiazole rings is 1. The van der Waals surface area contributed by atoms with Crippen LogP contribution in [0.1, 0.15) is 15.4 Å². The van der Waals surface area contributed by atoms with Gasteiger partial charge in [0.15, 0.2) is 0 Å². The van der Waals surface area contributed by atoms with Crippen LogP contribution >= 0.6 is 23.6 Å². The van der Waals surface area contributed by atoms with Crippen LogP contribution in [0.15, 0.2) is 24.4 Å². The predicted molar refractivity (Wildman–Crippen MR) is 76.5 cm³/mol. The van der Waals surface area contributed by atoms with Crippen LogP contribution in [-0.2, 0) is 6.54 Å². The molecule has 0 aliphatic carbocycles. The van der Waals surface area contributed by atoms with E-state index in [1.807, 2.05) is 6.92 Å². The van der Waals surface area contributed by atoms with E-state index in [1.54, 1.807) is 29.7 Å². The van der Waals surface area contributed by atoms with Gasteiger partial charge in [0.05, 0.1) is 17.1 Å². The predicted octanol–water partition coefficient (Wildman–Crippen LogP) is 2.84. The van der Waals surface area contributed by atoms with Crippen molar-refractivity contribution in [3.8, 4) is 0 Å². The van der Waals surface area contributed by atoms with Gasteiger partial charge in [-0.1, -0.05) is 18.3 Å². The van der Waals surface area contributed by atoms with Gasteiger partial charge < -0.3 is 11.1 Å². The molecule has 1 aromatic carbocycles.